The summed E-state index contributed by atoms with van der Waals surface area (Å²) in [5.74, 6) is 2.03. The van der Waals surface area contributed by atoms with Crippen LogP contribution in [0.2, 0.25) is 0 Å². The van der Waals surface area contributed by atoms with E-state index >= 15 is 0 Å². The fourth-order valence-electron chi connectivity index (χ4n) is 2.75. The van der Waals surface area contributed by atoms with Gasteiger partial charge in [-0.1, -0.05) is 0 Å². The van der Waals surface area contributed by atoms with Crippen LogP contribution in [0, 0.1) is 0 Å². The van der Waals surface area contributed by atoms with Crippen LogP contribution in [0.5, 0.6) is 11.5 Å². The summed E-state index contributed by atoms with van der Waals surface area (Å²) < 4.78 is 17.0. The van der Waals surface area contributed by atoms with Crippen LogP contribution >= 0.6 is 0 Å². The molecule has 0 amide bonds. The SMILES string of the molecule is c1cnc2c(c1)oc1c(Nc3ccc4c(c3)OCCO4)ncnc12. The second-order valence-electron chi connectivity index (χ2n) is 5.34. The Hall–Kier alpha value is -3.35. The Morgan fingerprint density at radius 1 is 0.917 bits per heavy atom. The monoisotopic (exact) mass is 320 g/mol. The normalized spacial score (nSPS) is 13.3. The quantitative estimate of drug-likeness (QED) is 0.607. The van der Waals surface area contributed by atoms with Crippen LogP contribution in [-0.2, 0) is 0 Å². The van der Waals surface area contributed by atoms with Crippen molar-refractivity contribution in [2.24, 2.45) is 0 Å². The Morgan fingerprint density at radius 2 is 1.83 bits per heavy atom. The molecule has 0 spiro atoms. The van der Waals surface area contributed by atoms with Gasteiger partial charge in [-0.3, -0.25) is 4.98 Å². The zero-order valence-corrected chi connectivity index (χ0v) is 12.5. The minimum absolute atomic E-state index is 0.545. The molecule has 0 atom stereocenters. The number of rotatable bonds is 2. The first-order valence-corrected chi connectivity index (χ1v) is 7.53. The highest BCUT2D eigenvalue weighted by Crippen LogP contribution is 2.35. The first kappa shape index (κ1) is 13.1. The van der Waals surface area contributed by atoms with E-state index in [-0.39, 0.29) is 0 Å². The van der Waals surface area contributed by atoms with Crippen molar-refractivity contribution >= 4 is 33.7 Å². The van der Waals surface area contributed by atoms with E-state index in [1.165, 1.54) is 6.33 Å². The molecule has 0 saturated carbocycles. The third-order valence-corrected chi connectivity index (χ3v) is 3.82. The van der Waals surface area contributed by atoms with Crippen molar-refractivity contribution < 1.29 is 13.9 Å². The standard InChI is InChI=1S/C17H12N4O3/c1-2-12-14(18-5-1)15-16(24-12)17(20-9-19-15)21-10-3-4-11-13(8-10)23-7-6-22-11/h1-5,8-9H,6-7H2,(H,19,20,21). The molecule has 1 aliphatic heterocycles. The van der Waals surface area contributed by atoms with Crippen LogP contribution < -0.4 is 14.8 Å². The summed E-state index contributed by atoms with van der Waals surface area (Å²) in [5.41, 5.74) is 3.48. The number of pyridine rings is 1. The van der Waals surface area contributed by atoms with Gasteiger partial charge in [0.1, 0.15) is 30.6 Å². The van der Waals surface area contributed by atoms with Crippen LogP contribution in [-0.4, -0.2) is 28.2 Å². The molecule has 1 N–H and O–H groups in total. The summed E-state index contributed by atoms with van der Waals surface area (Å²) in [6.45, 7) is 1.11. The summed E-state index contributed by atoms with van der Waals surface area (Å²) in [7, 11) is 0. The number of anilines is 2. The number of hydrogen-bond donors (Lipinski definition) is 1. The van der Waals surface area contributed by atoms with Gasteiger partial charge in [-0.05, 0) is 24.3 Å². The predicted octanol–water partition coefficient (Wildman–Crippen LogP) is 3.29. The van der Waals surface area contributed by atoms with E-state index in [1.807, 2.05) is 30.3 Å². The Bertz CT molecular complexity index is 1060. The highest BCUT2D eigenvalue weighted by Gasteiger charge is 2.16. The molecular weight excluding hydrogens is 308 g/mol. The molecule has 0 aliphatic carbocycles. The largest absolute Gasteiger partial charge is 0.486 e. The highest BCUT2D eigenvalue weighted by atomic mass is 16.6. The van der Waals surface area contributed by atoms with Gasteiger partial charge in [0.25, 0.3) is 0 Å². The average Bonchev–Trinajstić information content (AvgIpc) is 3.02. The van der Waals surface area contributed by atoms with Crippen molar-refractivity contribution in [2.45, 2.75) is 0 Å². The fourth-order valence-corrected chi connectivity index (χ4v) is 2.75. The van der Waals surface area contributed by atoms with Gasteiger partial charge in [0.05, 0.1) is 0 Å². The van der Waals surface area contributed by atoms with Gasteiger partial charge in [-0.25, -0.2) is 9.97 Å². The Kier molecular flexibility index (Phi) is 2.78. The zero-order chi connectivity index (χ0) is 15.9. The third-order valence-electron chi connectivity index (χ3n) is 3.82. The molecule has 0 bridgehead atoms. The number of ether oxygens (including phenoxy) is 2. The predicted molar refractivity (Wildman–Crippen MR) is 87.8 cm³/mol. The molecule has 3 aromatic heterocycles. The Labute approximate surface area is 136 Å². The molecule has 118 valence electrons. The summed E-state index contributed by atoms with van der Waals surface area (Å²) in [5, 5.41) is 3.25. The molecule has 1 aliphatic rings. The summed E-state index contributed by atoms with van der Waals surface area (Å²) in [4.78, 5) is 12.9. The van der Waals surface area contributed by atoms with E-state index in [0.717, 1.165) is 17.0 Å². The van der Waals surface area contributed by atoms with Crippen molar-refractivity contribution in [2.75, 3.05) is 18.5 Å². The van der Waals surface area contributed by atoms with E-state index in [4.69, 9.17) is 13.9 Å². The second-order valence-corrected chi connectivity index (χ2v) is 5.34. The molecule has 5 rings (SSSR count). The maximum absolute atomic E-state index is 5.86. The Morgan fingerprint density at radius 3 is 2.79 bits per heavy atom. The summed E-state index contributed by atoms with van der Waals surface area (Å²) in [6, 6.07) is 9.34. The molecule has 7 heteroatoms. The molecular formula is C17H12N4O3. The smallest absolute Gasteiger partial charge is 0.198 e. The topological polar surface area (TPSA) is 82.3 Å². The number of benzene rings is 1. The maximum Gasteiger partial charge on any atom is 0.198 e. The second kappa shape index (κ2) is 5.09. The van der Waals surface area contributed by atoms with E-state index in [2.05, 4.69) is 20.3 Å². The van der Waals surface area contributed by atoms with Crippen molar-refractivity contribution in [1.29, 1.82) is 0 Å². The van der Waals surface area contributed by atoms with Crippen molar-refractivity contribution in [3.8, 4) is 11.5 Å². The van der Waals surface area contributed by atoms with Crippen LogP contribution in [0.15, 0.2) is 47.3 Å². The number of furan rings is 1. The van der Waals surface area contributed by atoms with Crippen molar-refractivity contribution in [3.05, 3.63) is 42.9 Å². The van der Waals surface area contributed by atoms with Gasteiger partial charge >= 0.3 is 0 Å². The minimum atomic E-state index is 0.545. The van der Waals surface area contributed by atoms with Crippen LogP contribution in [0.4, 0.5) is 11.5 Å². The lowest BCUT2D eigenvalue weighted by Gasteiger charge is -2.19. The van der Waals surface area contributed by atoms with Crippen LogP contribution in [0.1, 0.15) is 0 Å². The molecule has 1 aromatic carbocycles. The molecule has 7 nitrogen and oxygen atoms in total. The molecule has 0 unspecified atom stereocenters. The van der Waals surface area contributed by atoms with Gasteiger partial charge in [-0.15, -0.1) is 0 Å². The molecule has 4 heterocycles. The van der Waals surface area contributed by atoms with Crippen molar-refractivity contribution in [1.82, 2.24) is 15.0 Å². The summed E-state index contributed by atoms with van der Waals surface area (Å²) >= 11 is 0. The van der Waals surface area contributed by atoms with Crippen molar-refractivity contribution in [3.63, 3.8) is 0 Å². The number of fused-ring (bicyclic) bond motifs is 4. The fraction of sp³-hybridized carbons (Fsp3) is 0.118. The number of nitrogens with one attached hydrogen (secondary N) is 1. The molecule has 24 heavy (non-hydrogen) atoms. The number of nitrogens with zero attached hydrogens (tertiary/aromatic N) is 3. The van der Waals surface area contributed by atoms with Gasteiger partial charge in [-0.2, -0.15) is 0 Å². The van der Waals surface area contributed by atoms with E-state index in [1.54, 1.807) is 6.20 Å². The van der Waals surface area contributed by atoms with Crippen LogP contribution in [0.25, 0.3) is 22.2 Å². The lowest BCUT2D eigenvalue weighted by Crippen LogP contribution is -2.15. The average molecular weight is 320 g/mol. The first-order chi connectivity index (χ1) is 11.9. The zero-order valence-electron chi connectivity index (χ0n) is 12.5. The molecule has 0 radical (unpaired) electrons. The Balaban J connectivity index is 1.59. The van der Waals surface area contributed by atoms with E-state index in [0.29, 0.717) is 41.5 Å². The van der Waals surface area contributed by atoms with E-state index in [9.17, 15) is 0 Å². The molecule has 0 fully saturated rings. The van der Waals surface area contributed by atoms with Gasteiger partial charge in [0.15, 0.2) is 28.5 Å². The number of hydrogen-bond acceptors (Lipinski definition) is 7. The van der Waals surface area contributed by atoms with Gasteiger partial charge < -0.3 is 19.2 Å². The lowest BCUT2D eigenvalue weighted by atomic mass is 10.2. The third kappa shape index (κ3) is 2.02. The first-order valence-electron chi connectivity index (χ1n) is 7.53. The maximum atomic E-state index is 5.86. The molecule has 0 saturated heterocycles. The lowest BCUT2D eigenvalue weighted by molar-refractivity contribution is 0.171. The van der Waals surface area contributed by atoms with Gasteiger partial charge in [0.2, 0.25) is 0 Å². The minimum Gasteiger partial charge on any atom is -0.486 e. The highest BCUT2D eigenvalue weighted by molar-refractivity contribution is 6.03. The molecule has 4 aromatic rings. The van der Waals surface area contributed by atoms with Crippen LogP contribution in [0.3, 0.4) is 0 Å². The van der Waals surface area contributed by atoms with E-state index < -0.39 is 0 Å². The summed E-state index contributed by atoms with van der Waals surface area (Å²) in [6.07, 6.45) is 3.21. The van der Waals surface area contributed by atoms with Gasteiger partial charge in [0, 0.05) is 18.0 Å². The number of aromatic nitrogens is 3.